The molecule has 1 aromatic rings. The molecule has 7 nitrogen and oxygen atoms in total. The fourth-order valence-electron chi connectivity index (χ4n) is 6.07. The number of ether oxygens (including phenoxy) is 1. The van der Waals surface area contributed by atoms with Crippen LogP contribution in [0.15, 0.2) is 24.3 Å². The largest absolute Gasteiger partial charge is 0.460 e. The standard InChI is InChI=1S/C20H41N.C9H12.C6H9NO2.C6H12O2.C4H8O/c1-6-10-11-20(9-4)12-14-21(15-13-20)17-19(8-3)16-18(5)7-2;1-3-9-6-4-8(2)5-7-9;1-4-2-3-5(8)7-6(4)9;1-5(7)8-6(2,3)4;1-3-4(2)5/h18-19H,6-17H2,1-5H3;4-7H,3H2,1-2H3;4H,2-3H2,1H3,(H,7,8,9);1-4H3;3H2,1-2H3. The number of unbranched alkanes of at least 4 members (excludes halogenated alkanes) is 1. The Morgan fingerprint density at radius 2 is 1.52 bits per heavy atom. The first kappa shape index (κ1) is 51.6. The van der Waals surface area contributed by atoms with Gasteiger partial charge in [-0.2, -0.15) is 0 Å². The molecule has 2 amide bonds. The molecule has 0 saturated carbocycles. The predicted molar refractivity (Wildman–Crippen MR) is 220 cm³/mol. The monoisotopic (exact) mass is 731 g/mol. The summed E-state index contributed by atoms with van der Waals surface area (Å²) >= 11 is 0. The van der Waals surface area contributed by atoms with Crippen LogP contribution in [0, 0.1) is 30.1 Å². The van der Waals surface area contributed by atoms with Gasteiger partial charge in [0.25, 0.3) is 0 Å². The van der Waals surface area contributed by atoms with Gasteiger partial charge in [-0.1, -0.05) is 117 Å². The van der Waals surface area contributed by atoms with E-state index in [2.05, 4.69) is 82.9 Å². The van der Waals surface area contributed by atoms with E-state index in [0.717, 1.165) is 18.3 Å². The number of ketones is 1. The predicted octanol–water partition coefficient (Wildman–Crippen LogP) is 11.1. The minimum Gasteiger partial charge on any atom is -0.460 e. The fraction of sp³-hybridized carbons (Fsp3) is 0.778. The number of hydrogen-bond acceptors (Lipinski definition) is 6. The first-order valence-electron chi connectivity index (χ1n) is 20.6. The van der Waals surface area contributed by atoms with Gasteiger partial charge in [0.05, 0.1) is 0 Å². The van der Waals surface area contributed by atoms with Gasteiger partial charge in [0.2, 0.25) is 11.8 Å². The Hall–Kier alpha value is -2.54. The third kappa shape index (κ3) is 27.1. The lowest BCUT2D eigenvalue weighted by atomic mass is 9.72. The Morgan fingerprint density at radius 1 is 0.962 bits per heavy atom. The van der Waals surface area contributed by atoms with Crippen LogP contribution in [0.4, 0.5) is 0 Å². The van der Waals surface area contributed by atoms with E-state index in [1.165, 1.54) is 95.5 Å². The number of nitrogens with zero attached hydrogens (tertiary/aromatic N) is 1. The zero-order valence-electron chi connectivity index (χ0n) is 36.3. The van der Waals surface area contributed by atoms with Crippen molar-refractivity contribution in [1.29, 1.82) is 0 Å². The lowest BCUT2D eigenvalue weighted by molar-refractivity contribution is -0.152. The number of esters is 1. The topological polar surface area (TPSA) is 92.8 Å². The van der Waals surface area contributed by atoms with Crippen molar-refractivity contribution in [3.05, 3.63) is 35.4 Å². The van der Waals surface area contributed by atoms with Crippen LogP contribution in [0.2, 0.25) is 0 Å². The third-order valence-corrected chi connectivity index (χ3v) is 10.2. The molecule has 0 aromatic heterocycles. The van der Waals surface area contributed by atoms with Crippen LogP contribution < -0.4 is 5.32 Å². The highest BCUT2D eigenvalue weighted by atomic mass is 16.6. The number of likely N-dealkylation sites (tertiary alicyclic amines) is 1. The van der Waals surface area contributed by atoms with Gasteiger partial charge in [-0.05, 0) is 109 Å². The van der Waals surface area contributed by atoms with E-state index in [4.69, 9.17) is 4.74 Å². The van der Waals surface area contributed by atoms with Gasteiger partial charge in [0.1, 0.15) is 11.4 Å². The minimum absolute atomic E-state index is 0.0164. The number of aryl methyl sites for hydroxylation is 2. The molecule has 1 aromatic carbocycles. The van der Waals surface area contributed by atoms with Gasteiger partial charge in [0.15, 0.2) is 0 Å². The number of amides is 2. The summed E-state index contributed by atoms with van der Waals surface area (Å²) in [5.41, 5.74) is 3.12. The number of nitrogens with one attached hydrogen (secondary N) is 1. The summed E-state index contributed by atoms with van der Waals surface area (Å²) in [5, 5.41) is 2.25. The van der Waals surface area contributed by atoms with E-state index in [0.29, 0.717) is 24.7 Å². The number of carbonyl (C=O) groups is 4. The maximum absolute atomic E-state index is 10.7. The molecular formula is C45H82N2O5. The van der Waals surface area contributed by atoms with Crippen molar-refractivity contribution in [2.45, 2.75) is 186 Å². The van der Waals surface area contributed by atoms with Crippen LogP contribution in [0.3, 0.4) is 0 Å². The van der Waals surface area contributed by atoms with E-state index < -0.39 is 0 Å². The average molecular weight is 731 g/mol. The number of Topliss-reactive ketones (excluding diaryl/α,β-unsaturated/α-hetero) is 1. The summed E-state index contributed by atoms with van der Waals surface area (Å²) in [6.07, 6.45) is 15.7. The molecule has 2 fully saturated rings. The lowest BCUT2D eigenvalue weighted by Crippen LogP contribution is -2.42. The molecule has 3 atom stereocenters. The molecule has 2 aliphatic heterocycles. The summed E-state index contributed by atoms with van der Waals surface area (Å²) in [5.74, 6) is 1.60. The number of imide groups is 1. The number of hydrogen-bond donors (Lipinski definition) is 1. The maximum Gasteiger partial charge on any atom is 0.303 e. The van der Waals surface area contributed by atoms with Crippen LogP contribution in [0.25, 0.3) is 0 Å². The number of rotatable bonds is 12. The molecule has 0 aliphatic carbocycles. The van der Waals surface area contributed by atoms with Crippen molar-refractivity contribution in [3.8, 4) is 0 Å². The molecule has 3 unspecified atom stereocenters. The molecule has 3 rings (SSSR count). The summed E-state index contributed by atoms with van der Waals surface area (Å²) in [6.45, 7) is 32.4. The average Bonchev–Trinajstić information content (AvgIpc) is 3.09. The van der Waals surface area contributed by atoms with Crippen molar-refractivity contribution >= 4 is 23.6 Å². The van der Waals surface area contributed by atoms with Crippen molar-refractivity contribution in [3.63, 3.8) is 0 Å². The minimum atomic E-state index is -0.328. The summed E-state index contributed by atoms with van der Waals surface area (Å²) in [7, 11) is 0. The third-order valence-electron chi connectivity index (χ3n) is 10.2. The molecule has 7 heteroatoms. The SMILES string of the molecule is CC(=O)OC(C)(C)C.CC1CCC(=O)NC1=O.CCC(C)=O.CCCCC1(CC)CCN(CC(CC)CC(C)CC)CC1.CCc1ccc(C)cc1. The number of benzene rings is 1. The second kappa shape index (κ2) is 28.9. The molecule has 52 heavy (non-hydrogen) atoms. The molecule has 2 aliphatic rings. The molecule has 0 radical (unpaired) electrons. The Kier molecular flexibility index (Phi) is 28.7. The van der Waals surface area contributed by atoms with Crippen molar-refractivity contribution in [2.24, 2.45) is 23.2 Å². The van der Waals surface area contributed by atoms with Crippen LogP contribution in [-0.2, 0) is 30.3 Å². The fourth-order valence-corrected chi connectivity index (χ4v) is 6.07. The van der Waals surface area contributed by atoms with E-state index >= 15 is 0 Å². The highest BCUT2D eigenvalue weighted by Gasteiger charge is 2.32. The Labute approximate surface area is 321 Å². The highest BCUT2D eigenvalue weighted by Crippen LogP contribution is 2.40. The van der Waals surface area contributed by atoms with Gasteiger partial charge in [-0.3, -0.25) is 19.7 Å². The van der Waals surface area contributed by atoms with E-state index in [1.54, 1.807) is 6.92 Å². The zero-order chi connectivity index (χ0) is 40.3. The van der Waals surface area contributed by atoms with Gasteiger partial charge < -0.3 is 14.4 Å². The molecular weight excluding hydrogens is 649 g/mol. The van der Waals surface area contributed by atoms with Crippen LogP contribution >= 0.6 is 0 Å². The quantitative estimate of drug-likeness (QED) is 0.170. The van der Waals surface area contributed by atoms with E-state index in [9.17, 15) is 19.2 Å². The van der Waals surface area contributed by atoms with Crippen LogP contribution in [-0.4, -0.2) is 53.7 Å². The molecule has 1 N–H and O–H groups in total. The smallest absolute Gasteiger partial charge is 0.303 e. The van der Waals surface area contributed by atoms with Gasteiger partial charge in [-0.15, -0.1) is 0 Å². The molecule has 0 spiro atoms. The van der Waals surface area contributed by atoms with Gasteiger partial charge >= 0.3 is 5.97 Å². The Balaban J connectivity index is 0. The van der Waals surface area contributed by atoms with E-state index in [-0.39, 0.29) is 35.1 Å². The molecule has 2 saturated heterocycles. The second-order valence-electron chi connectivity index (χ2n) is 16.2. The Bertz CT molecular complexity index is 1100. The van der Waals surface area contributed by atoms with Crippen LogP contribution in [0.1, 0.15) is 178 Å². The van der Waals surface area contributed by atoms with Crippen molar-refractivity contribution in [1.82, 2.24) is 10.2 Å². The molecule has 2 heterocycles. The lowest BCUT2D eigenvalue weighted by Gasteiger charge is -2.42. The summed E-state index contributed by atoms with van der Waals surface area (Å²) in [6, 6.07) is 8.66. The first-order chi connectivity index (χ1) is 24.3. The summed E-state index contributed by atoms with van der Waals surface area (Å²) < 4.78 is 4.80. The molecule has 302 valence electrons. The number of piperidine rings is 2. The van der Waals surface area contributed by atoms with Crippen LogP contribution in [0.5, 0.6) is 0 Å². The number of carbonyl (C=O) groups excluding carboxylic acids is 4. The Morgan fingerprint density at radius 3 is 1.87 bits per heavy atom. The van der Waals surface area contributed by atoms with Crippen molar-refractivity contribution < 1.29 is 23.9 Å². The zero-order valence-corrected chi connectivity index (χ0v) is 36.3. The van der Waals surface area contributed by atoms with E-state index in [1.807, 2.05) is 34.6 Å². The summed E-state index contributed by atoms with van der Waals surface area (Å²) in [4.78, 5) is 44.0. The van der Waals surface area contributed by atoms with Gasteiger partial charge in [-0.25, -0.2) is 0 Å². The first-order valence-corrected chi connectivity index (χ1v) is 20.6. The maximum atomic E-state index is 10.7. The van der Waals surface area contributed by atoms with Crippen molar-refractivity contribution in [2.75, 3.05) is 19.6 Å². The molecule has 0 bridgehead atoms. The highest BCUT2D eigenvalue weighted by molar-refractivity contribution is 5.98. The second-order valence-corrected chi connectivity index (χ2v) is 16.2. The normalized spacial score (nSPS) is 17.8. The van der Waals surface area contributed by atoms with Gasteiger partial charge in [0, 0.05) is 32.2 Å².